The van der Waals surface area contributed by atoms with Crippen molar-refractivity contribution in [2.24, 2.45) is 0 Å². The fourth-order valence-corrected chi connectivity index (χ4v) is 1.90. The number of rotatable bonds is 5. The number of benzene rings is 1. The zero-order valence-electron chi connectivity index (χ0n) is 11.8. The van der Waals surface area contributed by atoms with Gasteiger partial charge in [-0.3, -0.25) is 4.79 Å². The molecule has 1 saturated carbocycles. The van der Waals surface area contributed by atoms with Crippen molar-refractivity contribution in [3.8, 4) is 6.07 Å². The van der Waals surface area contributed by atoms with E-state index >= 15 is 0 Å². The monoisotopic (exact) mass is 269 g/mol. The predicted molar refractivity (Wildman–Crippen MR) is 79.0 cm³/mol. The van der Waals surface area contributed by atoms with Crippen molar-refractivity contribution in [1.82, 2.24) is 5.32 Å². The van der Waals surface area contributed by atoms with Gasteiger partial charge in [-0.1, -0.05) is 32.0 Å². The Morgan fingerprint density at radius 3 is 2.70 bits per heavy atom. The van der Waals surface area contributed by atoms with E-state index in [9.17, 15) is 4.79 Å². The number of nitriles is 1. The van der Waals surface area contributed by atoms with Crippen molar-refractivity contribution in [2.75, 3.05) is 5.32 Å². The molecule has 1 amide bonds. The van der Waals surface area contributed by atoms with Gasteiger partial charge in [-0.2, -0.15) is 5.26 Å². The van der Waals surface area contributed by atoms with Crippen LogP contribution in [0.1, 0.15) is 38.2 Å². The molecule has 0 aliphatic heterocycles. The van der Waals surface area contributed by atoms with Crippen molar-refractivity contribution in [3.05, 3.63) is 41.6 Å². The average molecular weight is 269 g/mol. The Bertz CT molecular complexity index is 565. The zero-order valence-corrected chi connectivity index (χ0v) is 11.8. The Kier molecular flexibility index (Phi) is 4.41. The Balaban J connectivity index is 2.10. The zero-order chi connectivity index (χ0) is 14.5. The lowest BCUT2D eigenvalue weighted by molar-refractivity contribution is -0.112. The second-order valence-electron chi connectivity index (χ2n) is 5.31. The van der Waals surface area contributed by atoms with Crippen molar-refractivity contribution >= 4 is 11.6 Å². The molecule has 1 aromatic rings. The summed E-state index contributed by atoms with van der Waals surface area (Å²) in [6.45, 7) is 4.14. The Morgan fingerprint density at radius 1 is 1.40 bits per heavy atom. The minimum Gasteiger partial charge on any atom is -0.387 e. The second-order valence-corrected chi connectivity index (χ2v) is 5.31. The van der Waals surface area contributed by atoms with Crippen LogP contribution in [-0.4, -0.2) is 11.9 Å². The van der Waals surface area contributed by atoms with E-state index in [1.165, 1.54) is 6.20 Å². The largest absolute Gasteiger partial charge is 0.387 e. The highest BCUT2D eigenvalue weighted by Gasteiger charge is 2.20. The molecule has 0 saturated heterocycles. The van der Waals surface area contributed by atoms with Gasteiger partial charge in [-0.15, -0.1) is 0 Å². The van der Waals surface area contributed by atoms with Crippen LogP contribution < -0.4 is 10.6 Å². The average Bonchev–Trinajstić information content (AvgIpc) is 3.24. The van der Waals surface area contributed by atoms with E-state index in [4.69, 9.17) is 5.26 Å². The van der Waals surface area contributed by atoms with Crippen LogP contribution in [0.15, 0.2) is 36.0 Å². The van der Waals surface area contributed by atoms with E-state index in [1.54, 1.807) is 0 Å². The van der Waals surface area contributed by atoms with Gasteiger partial charge in [-0.05, 0) is 30.4 Å². The molecule has 1 fully saturated rings. The van der Waals surface area contributed by atoms with Crippen LogP contribution in [0.25, 0.3) is 0 Å². The summed E-state index contributed by atoms with van der Waals surface area (Å²) in [7, 11) is 0. The van der Waals surface area contributed by atoms with Gasteiger partial charge in [0.25, 0.3) is 5.91 Å². The van der Waals surface area contributed by atoms with Crippen LogP contribution >= 0.6 is 0 Å². The van der Waals surface area contributed by atoms with E-state index in [0.29, 0.717) is 12.0 Å². The SMILES string of the molecule is CC(C)c1ccccc1NC(=O)/C(C#N)=C\NC1CC1. The molecular formula is C16H19N3O. The van der Waals surface area contributed by atoms with Crippen LogP contribution in [0.4, 0.5) is 5.69 Å². The summed E-state index contributed by atoms with van der Waals surface area (Å²) in [5, 5.41) is 15.0. The molecule has 20 heavy (non-hydrogen) atoms. The maximum absolute atomic E-state index is 12.1. The fraction of sp³-hybridized carbons (Fsp3) is 0.375. The van der Waals surface area contributed by atoms with E-state index < -0.39 is 0 Å². The smallest absolute Gasteiger partial charge is 0.267 e. The van der Waals surface area contributed by atoms with Crippen LogP contribution in [-0.2, 0) is 4.79 Å². The first kappa shape index (κ1) is 14.1. The van der Waals surface area contributed by atoms with Crippen LogP contribution in [0.2, 0.25) is 0 Å². The first-order valence-electron chi connectivity index (χ1n) is 6.88. The first-order valence-corrected chi connectivity index (χ1v) is 6.88. The highest BCUT2D eigenvalue weighted by atomic mass is 16.1. The summed E-state index contributed by atoms with van der Waals surface area (Å²) >= 11 is 0. The maximum Gasteiger partial charge on any atom is 0.267 e. The molecule has 2 N–H and O–H groups in total. The summed E-state index contributed by atoms with van der Waals surface area (Å²) in [6, 6.07) is 10.0. The maximum atomic E-state index is 12.1. The minimum absolute atomic E-state index is 0.107. The molecule has 1 aromatic carbocycles. The molecule has 4 nitrogen and oxygen atoms in total. The lowest BCUT2D eigenvalue weighted by atomic mass is 10.0. The topological polar surface area (TPSA) is 64.9 Å². The van der Waals surface area contributed by atoms with Crippen LogP contribution in [0, 0.1) is 11.3 Å². The van der Waals surface area contributed by atoms with E-state index in [0.717, 1.165) is 24.1 Å². The highest BCUT2D eigenvalue weighted by molar-refractivity contribution is 6.06. The number of carbonyl (C=O) groups is 1. The number of nitrogens with zero attached hydrogens (tertiary/aromatic N) is 1. The number of hydrogen-bond acceptors (Lipinski definition) is 3. The molecule has 1 aliphatic carbocycles. The van der Waals surface area contributed by atoms with Crippen molar-refractivity contribution in [3.63, 3.8) is 0 Å². The third kappa shape index (κ3) is 3.61. The summed E-state index contributed by atoms with van der Waals surface area (Å²) in [5.41, 5.74) is 1.93. The van der Waals surface area contributed by atoms with Gasteiger partial charge in [0.15, 0.2) is 0 Å². The lowest BCUT2D eigenvalue weighted by Gasteiger charge is -2.13. The van der Waals surface area contributed by atoms with Gasteiger partial charge in [-0.25, -0.2) is 0 Å². The van der Waals surface area contributed by atoms with Gasteiger partial charge in [0.2, 0.25) is 0 Å². The van der Waals surface area contributed by atoms with E-state index in [1.807, 2.05) is 30.3 Å². The third-order valence-electron chi connectivity index (χ3n) is 3.24. The normalized spacial score (nSPS) is 14.8. The minimum atomic E-state index is -0.367. The van der Waals surface area contributed by atoms with Crippen molar-refractivity contribution in [2.45, 2.75) is 38.6 Å². The molecule has 2 rings (SSSR count). The number of anilines is 1. The van der Waals surface area contributed by atoms with Gasteiger partial charge in [0.05, 0.1) is 0 Å². The van der Waals surface area contributed by atoms with Crippen LogP contribution in [0.5, 0.6) is 0 Å². The molecule has 0 bridgehead atoms. The van der Waals surface area contributed by atoms with E-state index in [-0.39, 0.29) is 11.5 Å². The second kappa shape index (κ2) is 6.25. The molecule has 4 heteroatoms. The van der Waals surface area contributed by atoms with Crippen LogP contribution in [0.3, 0.4) is 0 Å². The predicted octanol–water partition coefficient (Wildman–Crippen LogP) is 2.91. The highest BCUT2D eigenvalue weighted by Crippen LogP contribution is 2.24. The van der Waals surface area contributed by atoms with Gasteiger partial charge in [0, 0.05) is 17.9 Å². The molecule has 0 atom stereocenters. The summed E-state index contributed by atoms with van der Waals surface area (Å²) < 4.78 is 0. The molecule has 0 aromatic heterocycles. The quantitative estimate of drug-likeness (QED) is 0.638. The van der Waals surface area contributed by atoms with Gasteiger partial charge < -0.3 is 10.6 Å². The molecule has 104 valence electrons. The fourth-order valence-electron chi connectivity index (χ4n) is 1.90. The number of carbonyl (C=O) groups excluding carboxylic acids is 1. The Labute approximate surface area is 119 Å². The third-order valence-corrected chi connectivity index (χ3v) is 3.24. The molecule has 0 heterocycles. The summed E-state index contributed by atoms with van der Waals surface area (Å²) in [4.78, 5) is 12.1. The number of amides is 1. The first-order chi connectivity index (χ1) is 9.61. The number of nitrogens with one attached hydrogen (secondary N) is 2. The van der Waals surface area contributed by atoms with Gasteiger partial charge >= 0.3 is 0 Å². The molecule has 0 radical (unpaired) electrons. The molecular weight excluding hydrogens is 250 g/mol. The Morgan fingerprint density at radius 2 is 2.10 bits per heavy atom. The van der Waals surface area contributed by atoms with Gasteiger partial charge in [0.1, 0.15) is 11.6 Å². The van der Waals surface area contributed by atoms with Crippen molar-refractivity contribution in [1.29, 1.82) is 5.26 Å². The van der Waals surface area contributed by atoms with E-state index in [2.05, 4.69) is 24.5 Å². The summed E-state index contributed by atoms with van der Waals surface area (Å²) in [6.07, 6.45) is 3.73. The molecule has 1 aliphatic rings. The number of hydrogen-bond donors (Lipinski definition) is 2. The standard InChI is InChI=1S/C16H19N3O/c1-11(2)14-5-3-4-6-15(14)19-16(20)12(9-17)10-18-13-7-8-13/h3-6,10-11,13,18H,7-8H2,1-2H3,(H,19,20)/b12-10-. The lowest BCUT2D eigenvalue weighted by Crippen LogP contribution is -2.18. The number of para-hydroxylation sites is 1. The Hall–Kier alpha value is -2.28. The molecule has 0 unspecified atom stereocenters. The van der Waals surface area contributed by atoms with Crippen molar-refractivity contribution < 1.29 is 4.79 Å². The molecule has 0 spiro atoms. The summed E-state index contributed by atoms with van der Waals surface area (Å²) in [5.74, 6) is -0.0562.